The van der Waals surface area contributed by atoms with E-state index in [4.69, 9.17) is 56.8 Å². The van der Waals surface area contributed by atoms with Crippen LogP contribution in [0.4, 0.5) is 13.6 Å². The number of rotatable bonds is 38. The summed E-state index contributed by atoms with van der Waals surface area (Å²) in [4.78, 5) is 102. The molecule has 1 fully saturated rings. The number of carbonyl (C=O) groups is 8. The van der Waals surface area contributed by atoms with Crippen LogP contribution in [0.1, 0.15) is 117 Å². The SMILES string of the molecule is COC(=O)[C@@]1(OCCCCCCCCn2cc(COCCOCCOCCOCCNC(=O)OC(C)(C)C)nn2)C[C@H](OC(C)=O)[C@@H](NC(=O)COC(C)=O)[C@H]([C@H](OC(C)=O)[C@@H](CNC(=O)Cc2ccc(C(F)F)cc2)OC(C)=O)O1. The van der Waals surface area contributed by atoms with E-state index in [1.54, 1.807) is 25.5 Å². The highest BCUT2D eigenvalue weighted by Crippen LogP contribution is 2.37. The number of alkyl carbamates (subject to hydrolysis) is 1. The molecule has 0 unspecified atom stereocenters. The Hall–Kier alpha value is -6.46. The fourth-order valence-corrected chi connectivity index (χ4v) is 7.99. The molecule has 2 heterocycles. The average molecular weight is 1160 g/mol. The number of nitrogens with zero attached hydrogens (tertiary/aromatic N) is 3. The maximum absolute atomic E-state index is 13.9. The molecule has 0 bridgehead atoms. The molecular weight excluding hydrogens is 1080 g/mol. The minimum atomic E-state index is -2.73. The number of ether oxygens (including phenoxy) is 12. The Balaban J connectivity index is 1.55. The Morgan fingerprint density at radius 1 is 0.753 bits per heavy atom. The lowest BCUT2D eigenvalue weighted by Gasteiger charge is -2.48. The van der Waals surface area contributed by atoms with E-state index in [0.29, 0.717) is 83.4 Å². The van der Waals surface area contributed by atoms with Gasteiger partial charge in [-0.2, -0.15) is 0 Å². The molecule has 0 spiro atoms. The third-order valence-corrected chi connectivity index (χ3v) is 11.5. The molecule has 3 rings (SSSR count). The van der Waals surface area contributed by atoms with Gasteiger partial charge >= 0.3 is 35.9 Å². The molecule has 81 heavy (non-hydrogen) atoms. The Kier molecular flexibility index (Phi) is 31.3. The first-order chi connectivity index (χ1) is 38.5. The lowest BCUT2D eigenvalue weighted by molar-refractivity contribution is -0.313. The number of methoxy groups -OCH3 is 1. The van der Waals surface area contributed by atoms with Crippen LogP contribution in [0.3, 0.4) is 0 Å². The van der Waals surface area contributed by atoms with E-state index >= 15 is 0 Å². The van der Waals surface area contributed by atoms with Gasteiger partial charge in [-0.05, 0) is 39.2 Å². The predicted octanol–water partition coefficient (Wildman–Crippen LogP) is 3.52. The molecule has 0 radical (unpaired) electrons. The summed E-state index contributed by atoms with van der Waals surface area (Å²) >= 11 is 0. The number of carbonyl (C=O) groups excluding carboxylic acids is 8. The van der Waals surface area contributed by atoms with Crippen molar-refractivity contribution in [2.75, 3.05) is 79.7 Å². The van der Waals surface area contributed by atoms with Gasteiger partial charge in [0.2, 0.25) is 5.91 Å². The fraction of sp³-hybridized carbons (Fsp3) is 0.698. The predicted molar refractivity (Wildman–Crippen MR) is 278 cm³/mol. The maximum Gasteiger partial charge on any atom is 0.407 e. The summed E-state index contributed by atoms with van der Waals surface area (Å²) in [5.41, 5.74) is 0.210. The van der Waals surface area contributed by atoms with E-state index in [2.05, 4.69) is 26.3 Å². The van der Waals surface area contributed by atoms with E-state index in [1.165, 1.54) is 12.1 Å². The Morgan fingerprint density at radius 3 is 1.96 bits per heavy atom. The van der Waals surface area contributed by atoms with Gasteiger partial charge in [0.1, 0.15) is 23.5 Å². The van der Waals surface area contributed by atoms with Gasteiger partial charge in [0.15, 0.2) is 18.8 Å². The molecule has 3 N–H and O–H groups in total. The molecule has 0 saturated carbocycles. The number of halogens is 2. The Bertz CT molecular complexity index is 2270. The molecule has 1 aromatic carbocycles. The molecule has 2 aromatic rings. The standard InChI is InChI=1S/C53H80F2N6O20/c1-35(62)75-34-45(67)58-46-42(77-36(2)63)30-53(50(68)70-8,80-48(46)47(79-38(4)65)43(78-37(3)64)31-57-44(66)29-39-15-17-40(18-16-39)49(54)55)76-21-14-12-10-9-11-13-20-61-32-41(59-60-61)33-74-28-27-73-26-25-72-24-23-71-22-19-56-51(69)81-52(5,6)7/h15-18,32,42-43,46-49H,9-14,19-31,33-34H2,1-8H3,(H,56,69)(H,57,66)(H,58,67)/t42-,43+,46+,47+,48+,53+/m0/s1. The van der Waals surface area contributed by atoms with Crippen molar-refractivity contribution >= 4 is 47.8 Å². The van der Waals surface area contributed by atoms with Crippen molar-refractivity contribution in [2.45, 2.75) is 161 Å². The molecule has 6 atom stereocenters. The normalized spacial score (nSPS) is 17.7. The van der Waals surface area contributed by atoms with E-state index in [0.717, 1.165) is 72.6 Å². The zero-order valence-electron chi connectivity index (χ0n) is 47.5. The zero-order chi connectivity index (χ0) is 59.8. The number of aryl methyl sites for hydroxylation is 1. The third kappa shape index (κ3) is 28.2. The van der Waals surface area contributed by atoms with Gasteiger partial charge in [0.25, 0.3) is 18.1 Å². The zero-order valence-corrected chi connectivity index (χ0v) is 47.5. The number of hydrogen-bond donors (Lipinski definition) is 3. The van der Waals surface area contributed by atoms with Crippen LogP contribution in [0.25, 0.3) is 0 Å². The van der Waals surface area contributed by atoms with Crippen LogP contribution in [0.2, 0.25) is 0 Å². The van der Waals surface area contributed by atoms with Crippen LogP contribution in [-0.4, -0.2) is 184 Å². The van der Waals surface area contributed by atoms with Crippen molar-refractivity contribution in [3.05, 3.63) is 47.3 Å². The molecule has 1 aromatic heterocycles. The number of unbranched alkanes of at least 4 members (excludes halogenated alkanes) is 5. The van der Waals surface area contributed by atoms with E-state index < -0.39 is 116 Å². The quantitative estimate of drug-likeness (QED) is 0.0492. The molecule has 1 aliphatic heterocycles. The summed E-state index contributed by atoms with van der Waals surface area (Å²) in [6.07, 6.45) is -4.75. The van der Waals surface area contributed by atoms with E-state index in [-0.39, 0.29) is 25.2 Å². The third-order valence-electron chi connectivity index (χ3n) is 11.5. The van der Waals surface area contributed by atoms with Crippen molar-refractivity contribution in [3.8, 4) is 0 Å². The first kappa shape index (κ1) is 68.8. The van der Waals surface area contributed by atoms with Crippen LogP contribution in [0, 0.1) is 0 Å². The number of aromatic nitrogens is 3. The van der Waals surface area contributed by atoms with Crippen molar-refractivity contribution in [1.29, 1.82) is 0 Å². The van der Waals surface area contributed by atoms with Crippen molar-refractivity contribution in [3.63, 3.8) is 0 Å². The molecule has 1 aliphatic rings. The summed E-state index contributed by atoms with van der Waals surface area (Å²) in [6.45, 7) is 11.8. The van der Waals surface area contributed by atoms with Gasteiger partial charge in [-0.15, -0.1) is 5.10 Å². The van der Waals surface area contributed by atoms with Gasteiger partial charge in [0.05, 0.1) is 98.2 Å². The lowest BCUT2D eigenvalue weighted by Crippen LogP contribution is -2.70. The highest BCUT2D eigenvalue weighted by Gasteiger charge is 2.59. The number of alkyl halides is 2. The molecule has 3 amide bonds. The monoisotopic (exact) mass is 1160 g/mol. The highest BCUT2D eigenvalue weighted by atomic mass is 19.3. The number of esters is 5. The summed E-state index contributed by atoms with van der Waals surface area (Å²) in [5.74, 6) is -8.72. The minimum Gasteiger partial charge on any atom is -0.465 e. The second-order valence-electron chi connectivity index (χ2n) is 19.6. The van der Waals surface area contributed by atoms with E-state index in [9.17, 15) is 47.1 Å². The highest BCUT2D eigenvalue weighted by molar-refractivity contribution is 5.81. The largest absolute Gasteiger partial charge is 0.465 e. The number of amides is 3. The average Bonchev–Trinajstić information content (AvgIpc) is 4.04. The van der Waals surface area contributed by atoms with Crippen molar-refractivity contribution in [1.82, 2.24) is 30.9 Å². The molecule has 26 nitrogen and oxygen atoms in total. The van der Waals surface area contributed by atoms with Crippen LogP contribution in [0.15, 0.2) is 30.5 Å². The summed E-state index contributed by atoms with van der Waals surface area (Å²) < 4.78 is 94.9. The van der Waals surface area contributed by atoms with Crippen LogP contribution in [0.5, 0.6) is 0 Å². The van der Waals surface area contributed by atoms with Crippen LogP contribution < -0.4 is 16.0 Å². The number of nitrogens with one attached hydrogen (secondary N) is 3. The van der Waals surface area contributed by atoms with Gasteiger partial charge in [-0.3, -0.25) is 33.4 Å². The number of hydrogen-bond acceptors (Lipinski definition) is 22. The first-order valence-corrected chi connectivity index (χ1v) is 26.7. The first-order valence-electron chi connectivity index (χ1n) is 26.7. The van der Waals surface area contributed by atoms with Gasteiger partial charge < -0.3 is 72.8 Å². The van der Waals surface area contributed by atoms with E-state index in [1.807, 2.05) is 6.20 Å². The van der Waals surface area contributed by atoms with Gasteiger partial charge in [-0.1, -0.05) is 55.2 Å². The minimum absolute atomic E-state index is 0.113. The summed E-state index contributed by atoms with van der Waals surface area (Å²) in [5, 5.41) is 16.1. The van der Waals surface area contributed by atoms with Crippen molar-refractivity contribution < 1.29 is 104 Å². The smallest absolute Gasteiger partial charge is 0.407 e. The maximum atomic E-state index is 13.9. The molecular formula is C53H80F2N6O20. The molecule has 1 saturated heterocycles. The fourth-order valence-electron chi connectivity index (χ4n) is 7.99. The summed E-state index contributed by atoms with van der Waals surface area (Å²) in [7, 11) is 1.05. The number of benzene rings is 1. The summed E-state index contributed by atoms with van der Waals surface area (Å²) in [6, 6.07) is 3.46. The molecule has 0 aliphatic carbocycles. The van der Waals surface area contributed by atoms with Crippen LogP contribution >= 0.6 is 0 Å². The van der Waals surface area contributed by atoms with Gasteiger partial charge in [-0.25, -0.2) is 18.4 Å². The lowest BCUT2D eigenvalue weighted by atomic mass is 9.87. The van der Waals surface area contributed by atoms with Gasteiger partial charge in [0, 0.05) is 46.3 Å². The molecule has 28 heteroatoms. The molecule has 456 valence electrons. The Labute approximate surface area is 469 Å². The topological polar surface area (TPSA) is 314 Å². The Morgan fingerprint density at radius 2 is 1.37 bits per heavy atom. The second kappa shape index (κ2) is 36.8. The van der Waals surface area contributed by atoms with Crippen LogP contribution in [-0.2, 0) is 110 Å². The second-order valence-corrected chi connectivity index (χ2v) is 19.6. The van der Waals surface area contributed by atoms with Crippen molar-refractivity contribution in [2.24, 2.45) is 0 Å².